The molecule has 0 unspecified atom stereocenters. The number of hydrogen-bond acceptors (Lipinski definition) is 5. The van der Waals surface area contributed by atoms with Crippen LogP contribution in [0, 0.1) is 0 Å². The maximum absolute atomic E-state index is 11.2. The standard InChI is InChI=1S/C10H16N2O3S/c1-16(14,15)8-3-4-10(9(11)7-8)12-5-2-6-13/h3-4,7,12-13H,2,5-6,11H2,1H3. The van der Waals surface area contributed by atoms with Crippen LogP contribution in [-0.2, 0) is 9.84 Å². The van der Waals surface area contributed by atoms with Gasteiger partial charge in [0.15, 0.2) is 9.84 Å². The average molecular weight is 244 g/mol. The fourth-order valence-electron chi connectivity index (χ4n) is 1.23. The minimum absolute atomic E-state index is 0.105. The number of hydrogen-bond donors (Lipinski definition) is 3. The van der Waals surface area contributed by atoms with Crippen molar-refractivity contribution in [2.75, 3.05) is 30.5 Å². The first-order valence-electron chi connectivity index (χ1n) is 4.89. The van der Waals surface area contributed by atoms with Gasteiger partial charge in [0, 0.05) is 19.4 Å². The van der Waals surface area contributed by atoms with E-state index in [1.165, 1.54) is 12.1 Å². The Labute approximate surface area is 95.2 Å². The lowest BCUT2D eigenvalue weighted by atomic mass is 10.2. The van der Waals surface area contributed by atoms with E-state index >= 15 is 0 Å². The maximum atomic E-state index is 11.2. The van der Waals surface area contributed by atoms with E-state index in [-0.39, 0.29) is 11.5 Å². The zero-order chi connectivity index (χ0) is 12.2. The summed E-state index contributed by atoms with van der Waals surface area (Å²) in [5, 5.41) is 11.6. The van der Waals surface area contributed by atoms with E-state index in [0.717, 1.165) is 6.26 Å². The third-order valence-corrected chi connectivity index (χ3v) is 3.21. The van der Waals surface area contributed by atoms with Crippen LogP contribution in [0.2, 0.25) is 0 Å². The first-order valence-corrected chi connectivity index (χ1v) is 6.78. The average Bonchev–Trinajstić information content (AvgIpc) is 2.19. The Morgan fingerprint density at radius 2 is 2.12 bits per heavy atom. The molecule has 6 heteroatoms. The molecule has 0 saturated heterocycles. The van der Waals surface area contributed by atoms with E-state index in [4.69, 9.17) is 10.8 Å². The molecule has 0 aliphatic rings. The van der Waals surface area contributed by atoms with Crippen LogP contribution in [0.4, 0.5) is 11.4 Å². The number of aliphatic hydroxyl groups is 1. The first kappa shape index (κ1) is 12.8. The van der Waals surface area contributed by atoms with Crippen molar-refractivity contribution in [2.24, 2.45) is 0 Å². The molecule has 90 valence electrons. The lowest BCUT2D eigenvalue weighted by molar-refractivity contribution is 0.292. The molecule has 1 aromatic rings. The lowest BCUT2D eigenvalue weighted by Gasteiger charge is -2.09. The first-order chi connectivity index (χ1) is 7.45. The minimum atomic E-state index is -3.22. The van der Waals surface area contributed by atoms with Crippen molar-refractivity contribution in [3.8, 4) is 0 Å². The van der Waals surface area contributed by atoms with Crippen LogP contribution in [-0.4, -0.2) is 32.9 Å². The van der Waals surface area contributed by atoms with E-state index in [9.17, 15) is 8.42 Å². The summed E-state index contributed by atoms with van der Waals surface area (Å²) in [6, 6.07) is 4.56. The molecule has 5 nitrogen and oxygen atoms in total. The summed E-state index contributed by atoms with van der Waals surface area (Å²) in [5.41, 5.74) is 6.78. The summed E-state index contributed by atoms with van der Waals surface area (Å²) < 4.78 is 22.5. The molecule has 4 N–H and O–H groups in total. The van der Waals surface area contributed by atoms with Gasteiger partial charge in [-0.15, -0.1) is 0 Å². The van der Waals surface area contributed by atoms with Gasteiger partial charge in [0.05, 0.1) is 16.3 Å². The fraction of sp³-hybridized carbons (Fsp3) is 0.400. The Morgan fingerprint density at radius 3 is 2.62 bits per heavy atom. The highest BCUT2D eigenvalue weighted by molar-refractivity contribution is 7.90. The summed E-state index contributed by atoms with van der Waals surface area (Å²) in [6.07, 6.45) is 1.76. The SMILES string of the molecule is CS(=O)(=O)c1ccc(NCCCO)c(N)c1. The highest BCUT2D eigenvalue weighted by Gasteiger charge is 2.08. The van der Waals surface area contributed by atoms with Gasteiger partial charge in [-0.25, -0.2) is 8.42 Å². The predicted molar refractivity (Wildman–Crippen MR) is 64.2 cm³/mol. The molecule has 0 radical (unpaired) electrons. The van der Waals surface area contributed by atoms with Crippen molar-refractivity contribution in [1.82, 2.24) is 0 Å². The number of nitrogens with two attached hydrogens (primary N) is 1. The Bertz CT molecular complexity index is 457. The molecule has 0 saturated carbocycles. The topological polar surface area (TPSA) is 92.4 Å². The van der Waals surface area contributed by atoms with E-state index in [2.05, 4.69) is 5.32 Å². The number of sulfone groups is 1. The Balaban J connectivity index is 2.84. The normalized spacial score (nSPS) is 11.4. The Kier molecular flexibility index (Phi) is 4.14. The van der Waals surface area contributed by atoms with Crippen molar-refractivity contribution >= 4 is 21.2 Å². The summed E-state index contributed by atoms with van der Waals surface area (Å²) >= 11 is 0. The summed E-state index contributed by atoms with van der Waals surface area (Å²) in [4.78, 5) is 0.206. The van der Waals surface area contributed by atoms with Crippen molar-refractivity contribution in [3.63, 3.8) is 0 Å². The zero-order valence-corrected chi connectivity index (χ0v) is 9.92. The highest BCUT2D eigenvalue weighted by Crippen LogP contribution is 2.22. The smallest absolute Gasteiger partial charge is 0.175 e. The summed E-state index contributed by atoms with van der Waals surface area (Å²) in [5.74, 6) is 0. The number of nitrogens with one attached hydrogen (secondary N) is 1. The third-order valence-electron chi connectivity index (χ3n) is 2.10. The molecule has 0 heterocycles. The van der Waals surface area contributed by atoms with Crippen LogP contribution in [0.1, 0.15) is 6.42 Å². The number of nitrogen functional groups attached to an aromatic ring is 1. The van der Waals surface area contributed by atoms with E-state index in [1.54, 1.807) is 6.07 Å². The van der Waals surface area contributed by atoms with Gasteiger partial charge < -0.3 is 16.2 Å². The molecule has 0 fully saturated rings. The van der Waals surface area contributed by atoms with Gasteiger partial charge in [-0.2, -0.15) is 0 Å². The summed E-state index contributed by atoms with van der Waals surface area (Å²) in [6.45, 7) is 0.702. The molecule has 0 aliphatic heterocycles. The van der Waals surface area contributed by atoms with Crippen LogP contribution >= 0.6 is 0 Å². The molecular formula is C10H16N2O3S. The van der Waals surface area contributed by atoms with Crippen molar-refractivity contribution < 1.29 is 13.5 Å². The van der Waals surface area contributed by atoms with Gasteiger partial charge in [0.1, 0.15) is 0 Å². The van der Waals surface area contributed by atoms with Gasteiger partial charge in [0.25, 0.3) is 0 Å². The van der Waals surface area contributed by atoms with Gasteiger partial charge in [-0.05, 0) is 24.6 Å². The van der Waals surface area contributed by atoms with Crippen molar-refractivity contribution in [3.05, 3.63) is 18.2 Å². The molecule has 0 aromatic heterocycles. The quantitative estimate of drug-likeness (QED) is 0.517. The number of rotatable bonds is 5. The molecule has 0 bridgehead atoms. The van der Waals surface area contributed by atoms with E-state index in [1.807, 2.05) is 0 Å². The lowest BCUT2D eigenvalue weighted by Crippen LogP contribution is -2.07. The van der Waals surface area contributed by atoms with Crippen LogP contribution in [0.5, 0.6) is 0 Å². The highest BCUT2D eigenvalue weighted by atomic mass is 32.2. The Hall–Kier alpha value is -1.27. The monoisotopic (exact) mass is 244 g/mol. The van der Waals surface area contributed by atoms with Crippen LogP contribution < -0.4 is 11.1 Å². The van der Waals surface area contributed by atoms with Gasteiger partial charge >= 0.3 is 0 Å². The molecule has 0 aliphatic carbocycles. The summed E-state index contributed by atoms with van der Waals surface area (Å²) in [7, 11) is -3.22. The van der Waals surface area contributed by atoms with Gasteiger partial charge in [-0.1, -0.05) is 0 Å². The third kappa shape index (κ3) is 3.39. The zero-order valence-electron chi connectivity index (χ0n) is 9.10. The molecule has 0 amide bonds. The second kappa shape index (κ2) is 5.18. The van der Waals surface area contributed by atoms with Crippen LogP contribution in [0.3, 0.4) is 0 Å². The second-order valence-electron chi connectivity index (χ2n) is 3.53. The van der Waals surface area contributed by atoms with Crippen molar-refractivity contribution in [1.29, 1.82) is 0 Å². The van der Waals surface area contributed by atoms with Crippen LogP contribution in [0.25, 0.3) is 0 Å². The fourth-order valence-corrected chi connectivity index (χ4v) is 1.89. The molecule has 0 atom stereocenters. The van der Waals surface area contributed by atoms with Gasteiger partial charge in [0.2, 0.25) is 0 Å². The van der Waals surface area contributed by atoms with Crippen molar-refractivity contribution in [2.45, 2.75) is 11.3 Å². The minimum Gasteiger partial charge on any atom is -0.397 e. The van der Waals surface area contributed by atoms with E-state index in [0.29, 0.717) is 24.3 Å². The molecule has 1 rings (SSSR count). The number of anilines is 2. The van der Waals surface area contributed by atoms with Gasteiger partial charge in [-0.3, -0.25) is 0 Å². The van der Waals surface area contributed by atoms with Crippen LogP contribution in [0.15, 0.2) is 23.1 Å². The molecular weight excluding hydrogens is 228 g/mol. The maximum Gasteiger partial charge on any atom is 0.175 e. The molecule has 1 aromatic carbocycles. The van der Waals surface area contributed by atoms with E-state index < -0.39 is 9.84 Å². The predicted octanol–water partition coefficient (Wildman–Crippen LogP) is 0.467. The number of benzene rings is 1. The number of aliphatic hydroxyl groups excluding tert-OH is 1. The molecule has 0 spiro atoms. The largest absolute Gasteiger partial charge is 0.397 e. The second-order valence-corrected chi connectivity index (χ2v) is 5.54. The molecule has 16 heavy (non-hydrogen) atoms. The Morgan fingerprint density at radius 1 is 1.44 bits per heavy atom.